The van der Waals surface area contributed by atoms with Gasteiger partial charge in [-0.1, -0.05) is 55.6 Å². The van der Waals surface area contributed by atoms with Crippen LogP contribution in [0.3, 0.4) is 0 Å². The number of carbonyl (C=O) groups is 1. The first kappa shape index (κ1) is 18.9. The Balaban J connectivity index is 1.63. The smallest absolute Gasteiger partial charge is 0.252 e. The van der Waals surface area contributed by atoms with Crippen molar-refractivity contribution < 1.29 is 9.18 Å². The van der Waals surface area contributed by atoms with Gasteiger partial charge in [0.25, 0.3) is 5.91 Å². The van der Waals surface area contributed by atoms with Gasteiger partial charge in [0, 0.05) is 16.3 Å². The zero-order valence-electron chi connectivity index (χ0n) is 15.7. The second kappa shape index (κ2) is 8.74. The summed E-state index contributed by atoms with van der Waals surface area (Å²) in [7, 11) is 0. The van der Waals surface area contributed by atoms with Crippen molar-refractivity contribution in [1.29, 1.82) is 0 Å². The van der Waals surface area contributed by atoms with Crippen molar-refractivity contribution in [2.24, 2.45) is 0 Å². The molecule has 1 amide bonds. The van der Waals surface area contributed by atoms with Crippen LogP contribution in [0, 0.1) is 5.82 Å². The van der Waals surface area contributed by atoms with Crippen LogP contribution in [0.4, 0.5) is 4.39 Å². The van der Waals surface area contributed by atoms with E-state index in [0.717, 1.165) is 33.7 Å². The van der Waals surface area contributed by atoms with Crippen molar-refractivity contribution in [3.63, 3.8) is 0 Å². The molecule has 3 nitrogen and oxygen atoms in total. The summed E-state index contributed by atoms with van der Waals surface area (Å²) in [5.74, 6) is -0.300. The van der Waals surface area contributed by atoms with Crippen LogP contribution in [0.25, 0.3) is 10.9 Å². The van der Waals surface area contributed by atoms with E-state index in [1.54, 1.807) is 12.1 Å². The van der Waals surface area contributed by atoms with Gasteiger partial charge in [0.1, 0.15) is 10.8 Å². The maximum absolute atomic E-state index is 13.2. The molecule has 1 aliphatic rings. The predicted octanol–water partition coefficient (Wildman–Crippen LogP) is 5.98. The topological polar surface area (TPSA) is 42.0 Å². The second-order valence-corrected chi connectivity index (χ2v) is 8.34. The SMILES string of the molecule is O=C(NC1CCCCCC1)c1cc(Sc2ccc(F)cc2)nc2ccccc12. The number of nitrogens with zero attached hydrogens (tertiary/aromatic N) is 1. The molecule has 1 heterocycles. The number of nitrogens with one attached hydrogen (secondary N) is 1. The second-order valence-electron chi connectivity index (χ2n) is 7.24. The number of aromatic nitrogens is 1. The molecule has 0 bridgehead atoms. The number of hydrogen-bond donors (Lipinski definition) is 1. The predicted molar refractivity (Wildman–Crippen MR) is 111 cm³/mol. The van der Waals surface area contributed by atoms with Gasteiger partial charge in [-0.2, -0.15) is 0 Å². The molecular formula is C23H23FN2OS. The van der Waals surface area contributed by atoms with Gasteiger partial charge in [-0.15, -0.1) is 0 Å². The molecule has 0 saturated heterocycles. The van der Waals surface area contributed by atoms with E-state index < -0.39 is 0 Å². The zero-order valence-corrected chi connectivity index (χ0v) is 16.5. The summed E-state index contributed by atoms with van der Waals surface area (Å²) in [5, 5.41) is 4.83. The van der Waals surface area contributed by atoms with Crippen LogP contribution in [0.2, 0.25) is 0 Å². The number of amides is 1. The molecule has 0 atom stereocenters. The lowest BCUT2D eigenvalue weighted by Gasteiger charge is -2.17. The third kappa shape index (κ3) is 4.53. The van der Waals surface area contributed by atoms with Crippen molar-refractivity contribution >= 4 is 28.6 Å². The Labute approximate surface area is 168 Å². The van der Waals surface area contributed by atoms with E-state index in [-0.39, 0.29) is 17.8 Å². The van der Waals surface area contributed by atoms with Gasteiger partial charge >= 0.3 is 0 Å². The summed E-state index contributed by atoms with van der Waals surface area (Å²) >= 11 is 1.43. The molecule has 3 aromatic rings. The van der Waals surface area contributed by atoms with Crippen LogP contribution in [-0.2, 0) is 0 Å². The Morgan fingerprint density at radius 2 is 1.71 bits per heavy atom. The summed E-state index contributed by atoms with van der Waals surface area (Å²) in [6.45, 7) is 0. The van der Waals surface area contributed by atoms with Crippen LogP contribution in [0.5, 0.6) is 0 Å². The molecule has 2 aromatic carbocycles. The molecule has 0 radical (unpaired) electrons. The fraction of sp³-hybridized carbons (Fsp3) is 0.304. The summed E-state index contributed by atoms with van der Waals surface area (Å²) in [5.41, 5.74) is 1.44. The Morgan fingerprint density at radius 3 is 2.46 bits per heavy atom. The largest absolute Gasteiger partial charge is 0.349 e. The maximum Gasteiger partial charge on any atom is 0.252 e. The van der Waals surface area contributed by atoms with E-state index in [1.165, 1.54) is 49.6 Å². The molecule has 0 aliphatic heterocycles. The molecule has 1 fully saturated rings. The number of rotatable bonds is 4. The average molecular weight is 395 g/mol. The van der Waals surface area contributed by atoms with E-state index in [2.05, 4.69) is 10.3 Å². The quantitative estimate of drug-likeness (QED) is 0.554. The van der Waals surface area contributed by atoms with Crippen molar-refractivity contribution in [1.82, 2.24) is 10.3 Å². The number of carbonyl (C=O) groups excluding carboxylic acids is 1. The zero-order chi connectivity index (χ0) is 19.3. The molecular weight excluding hydrogens is 371 g/mol. The fourth-order valence-electron chi connectivity index (χ4n) is 3.70. The summed E-state index contributed by atoms with van der Waals surface area (Å²) in [6, 6.07) is 16.1. The monoisotopic (exact) mass is 394 g/mol. The standard InChI is InChI=1S/C23H23FN2OS/c24-16-11-13-18(14-12-16)28-22-15-20(19-9-5-6-10-21(19)26-22)23(27)25-17-7-3-1-2-4-8-17/h5-6,9-15,17H,1-4,7-8H2,(H,25,27). The first-order valence-electron chi connectivity index (χ1n) is 9.83. The van der Waals surface area contributed by atoms with E-state index in [0.29, 0.717) is 5.56 Å². The normalized spacial score (nSPS) is 15.3. The van der Waals surface area contributed by atoms with E-state index in [4.69, 9.17) is 0 Å². The highest BCUT2D eigenvalue weighted by Crippen LogP contribution is 2.30. The fourth-order valence-corrected chi connectivity index (χ4v) is 4.54. The van der Waals surface area contributed by atoms with Gasteiger partial charge in [0.2, 0.25) is 0 Å². The lowest BCUT2D eigenvalue weighted by atomic mass is 10.1. The number of hydrogen-bond acceptors (Lipinski definition) is 3. The van der Waals surface area contributed by atoms with Gasteiger partial charge in [0.15, 0.2) is 0 Å². The minimum absolute atomic E-state index is 0.0357. The highest BCUT2D eigenvalue weighted by Gasteiger charge is 2.18. The number of pyridine rings is 1. The van der Waals surface area contributed by atoms with Crippen LogP contribution < -0.4 is 5.32 Å². The molecule has 1 aromatic heterocycles. The van der Waals surface area contributed by atoms with E-state index >= 15 is 0 Å². The number of halogens is 1. The highest BCUT2D eigenvalue weighted by atomic mass is 32.2. The Bertz CT molecular complexity index is 966. The van der Waals surface area contributed by atoms with Crippen LogP contribution in [0.15, 0.2) is 64.5 Å². The third-order valence-electron chi connectivity index (χ3n) is 5.16. The van der Waals surface area contributed by atoms with Crippen LogP contribution in [0.1, 0.15) is 48.9 Å². The van der Waals surface area contributed by atoms with Gasteiger partial charge in [0.05, 0.1) is 11.1 Å². The Kier molecular flexibility index (Phi) is 5.91. The van der Waals surface area contributed by atoms with Gasteiger partial charge in [-0.05, 0) is 49.2 Å². The molecule has 0 unspecified atom stereocenters. The highest BCUT2D eigenvalue weighted by molar-refractivity contribution is 7.99. The molecule has 1 saturated carbocycles. The van der Waals surface area contributed by atoms with Crippen molar-refractivity contribution in [3.05, 3.63) is 66.0 Å². The van der Waals surface area contributed by atoms with E-state index in [9.17, 15) is 9.18 Å². The van der Waals surface area contributed by atoms with Crippen molar-refractivity contribution in [3.8, 4) is 0 Å². The Hall–Kier alpha value is -2.40. The van der Waals surface area contributed by atoms with Crippen molar-refractivity contribution in [2.75, 3.05) is 0 Å². The average Bonchev–Trinajstić information content (AvgIpc) is 2.98. The van der Waals surface area contributed by atoms with Crippen molar-refractivity contribution in [2.45, 2.75) is 54.5 Å². The van der Waals surface area contributed by atoms with Crippen LogP contribution in [-0.4, -0.2) is 16.9 Å². The molecule has 5 heteroatoms. The Morgan fingerprint density at radius 1 is 1.00 bits per heavy atom. The summed E-state index contributed by atoms with van der Waals surface area (Å²) in [6.07, 6.45) is 6.95. The molecule has 1 N–H and O–H groups in total. The van der Waals surface area contributed by atoms with Crippen LogP contribution >= 0.6 is 11.8 Å². The lowest BCUT2D eigenvalue weighted by molar-refractivity contribution is 0.0934. The van der Waals surface area contributed by atoms with Gasteiger partial charge in [-0.25, -0.2) is 9.37 Å². The summed E-state index contributed by atoms with van der Waals surface area (Å²) < 4.78 is 13.2. The minimum Gasteiger partial charge on any atom is -0.349 e. The molecule has 1 aliphatic carbocycles. The molecule has 144 valence electrons. The van der Waals surface area contributed by atoms with Gasteiger partial charge < -0.3 is 5.32 Å². The number of fused-ring (bicyclic) bond motifs is 1. The first-order valence-corrected chi connectivity index (χ1v) is 10.6. The summed E-state index contributed by atoms with van der Waals surface area (Å²) in [4.78, 5) is 18.7. The lowest BCUT2D eigenvalue weighted by Crippen LogP contribution is -2.34. The minimum atomic E-state index is -0.265. The number of para-hydroxylation sites is 1. The first-order chi connectivity index (χ1) is 13.7. The van der Waals surface area contributed by atoms with Gasteiger partial charge in [-0.3, -0.25) is 4.79 Å². The molecule has 28 heavy (non-hydrogen) atoms. The molecule has 4 rings (SSSR count). The van der Waals surface area contributed by atoms with E-state index in [1.807, 2.05) is 30.3 Å². The third-order valence-corrected chi connectivity index (χ3v) is 6.09. The molecule has 0 spiro atoms. The number of benzene rings is 2. The maximum atomic E-state index is 13.2.